The number of carbonyl (C=O) groups is 1. The van der Waals surface area contributed by atoms with Gasteiger partial charge in [-0.1, -0.05) is 33.6 Å². The standard InChI is InChI=1S/C17H34N2O2/c1-5-6-15-7-9-17(12-18,10-8-15)21-14(4)16(20)19-11-13(2)3/h13-15H,5-12,18H2,1-4H3,(H,19,20). The second-order valence-corrected chi connectivity index (χ2v) is 7.02. The van der Waals surface area contributed by atoms with Crippen molar-refractivity contribution >= 4 is 5.91 Å². The number of amides is 1. The zero-order valence-corrected chi connectivity index (χ0v) is 14.3. The first-order chi connectivity index (χ1) is 9.92. The third kappa shape index (κ3) is 5.95. The van der Waals surface area contributed by atoms with E-state index in [1.807, 2.05) is 6.92 Å². The molecular formula is C17H34N2O2. The van der Waals surface area contributed by atoms with Gasteiger partial charge in [0.2, 0.25) is 5.91 Å². The maximum Gasteiger partial charge on any atom is 0.248 e. The molecule has 4 nitrogen and oxygen atoms in total. The Bertz CT molecular complexity index is 310. The average Bonchev–Trinajstić information content (AvgIpc) is 2.47. The van der Waals surface area contributed by atoms with Gasteiger partial charge in [-0.25, -0.2) is 0 Å². The van der Waals surface area contributed by atoms with Crippen molar-refractivity contribution in [1.82, 2.24) is 5.32 Å². The number of nitrogens with one attached hydrogen (secondary N) is 1. The second kappa shape index (κ2) is 8.74. The molecule has 0 heterocycles. The monoisotopic (exact) mass is 298 g/mol. The SMILES string of the molecule is CCCC1CCC(CN)(OC(C)C(=O)NCC(C)C)CC1. The van der Waals surface area contributed by atoms with Crippen molar-refractivity contribution in [3.8, 4) is 0 Å². The molecule has 0 aromatic carbocycles. The van der Waals surface area contributed by atoms with Crippen molar-refractivity contribution in [1.29, 1.82) is 0 Å². The number of nitrogens with two attached hydrogens (primary N) is 1. The van der Waals surface area contributed by atoms with Gasteiger partial charge in [-0.15, -0.1) is 0 Å². The molecule has 0 spiro atoms. The summed E-state index contributed by atoms with van der Waals surface area (Å²) in [5, 5.41) is 2.94. The highest BCUT2D eigenvalue weighted by atomic mass is 16.5. The minimum Gasteiger partial charge on any atom is -0.361 e. The lowest BCUT2D eigenvalue weighted by Gasteiger charge is -2.40. The molecule has 124 valence electrons. The van der Waals surface area contributed by atoms with Gasteiger partial charge in [-0.2, -0.15) is 0 Å². The van der Waals surface area contributed by atoms with Crippen molar-refractivity contribution in [3.63, 3.8) is 0 Å². The normalized spacial score (nSPS) is 27.6. The highest BCUT2D eigenvalue weighted by molar-refractivity contribution is 5.80. The first-order valence-corrected chi connectivity index (χ1v) is 8.58. The molecule has 1 fully saturated rings. The molecule has 1 atom stereocenters. The summed E-state index contributed by atoms with van der Waals surface area (Å²) in [6.45, 7) is 9.45. The van der Waals surface area contributed by atoms with Crippen LogP contribution in [0.15, 0.2) is 0 Å². The number of hydrogen-bond acceptors (Lipinski definition) is 3. The molecule has 1 aliphatic rings. The van der Waals surface area contributed by atoms with Gasteiger partial charge in [0.1, 0.15) is 6.10 Å². The average molecular weight is 298 g/mol. The van der Waals surface area contributed by atoms with E-state index in [9.17, 15) is 4.79 Å². The van der Waals surface area contributed by atoms with Crippen molar-refractivity contribution in [2.45, 2.75) is 77.9 Å². The summed E-state index contributed by atoms with van der Waals surface area (Å²) in [7, 11) is 0. The molecule has 1 unspecified atom stereocenters. The molecule has 3 N–H and O–H groups in total. The van der Waals surface area contributed by atoms with E-state index in [1.165, 1.54) is 25.7 Å². The van der Waals surface area contributed by atoms with Crippen LogP contribution in [0.1, 0.15) is 66.2 Å². The Kier molecular flexibility index (Phi) is 7.67. The van der Waals surface area contributed by atoms with Crippen LogP contribution in [0, 0.1) is 11.8 Å². The molecule has 1 amide bonds. The fourth-order valence-corrected chi connectivity index (χ4v) is 3.15. The van der Waals surface area contributed by atoms with E-state index >= 15 is 0 Å². The van der Waals surface area contributed by atoms with Crippen molar-refractivity contribution in [2.75, 3.05) is 13.1 Å². The largest absolute Gasteiger partial charge is 0.361 e. The molecule has 0 aromatic heterocycles. The van der Waals surface area contributed by atoms with Crippen LogP contribution in [0.4, 0.5) is 0 Å². The molecular weight excluding hydrogens is 264 g/mol. The Hall–Kier alpha value is -0.610. The van der Waals surface area contributed by atoms with Gasteiger partial charge in [0.25, 0.3) is 0 Å². The first-order valence-electron chi connectivity index (χ1n) is 8.58. The molecule has 21 heavy (non-hydrogen) atoms. The van der Waals surface area contributed by atoms with Crippen LogP contribution in [0.25, 0.3) is 0 Å². The molecule has 0 aromatic rings. The Balaban J connectivity index is 2.48. The fourth-order valence-electron chi connectivity index (χ4n) is 3.15. The maximum atomic E-state index is 12.1. The Morgan fingerprint density at radius 1 is 1.33 bits per heavy atom. The minimum atomic E-state index is -0.421. The Labute approximate surface area is 130 Å². The van der Waals surface area contributed by atoms with Gasteiger partial charge in [0.15, 0.2) is 0 Å². The lowest BCUT2D eigenvalue weighted by Crippen LogP contribution is -2.49. The third-order valence-electron chi connectivity index (χ3n) is 4.57. The summed E-state index contributed by atoms with van der Waals surface area (Å²) in [4.78, 5) is 12.1. The number of hydrogen-bond donors (Lipinski definition) is 2. The van der Waals surface area contributed by atoms with E-state index in [4.69, 9.17) is 10.5 Å². The molecule has 0 bridgehead atoms. The van der Waals surface area contributed by atoms with E-state index in [0.717, 1.165) is 18.8 Å². The van der Waals surface area contributed by atoms with Crippen LogP contribution in [0.3, 0.4) is 0 Å². The highest BCUT2D eigenvalue weighted by Crippen LogP contribution is 2.37. The maximum absolute atomic E-state index is 12.1. The smallest absolute Gasteiger partial charge is 0.248 e. The Morgan fingerprint density at radius 2 is 1.95 bits per heavy atom. The fraction of sp³-hybridized carbons (Fsp3) is 0.941. The zero-order valence-electron chi connectivity index (χ0n) is 14.3. The molecule has 1 saturated carbocycles. The summed E-state index contributed by atoms with van der Waals surface area (Å²) in [5.41, 5.74) is 5.68. The second-order valence-electron chi connectivity index (χ2n) is 7.02. The molecule has 1 rings (SSSR count). The quantitative estimate of drug-likeness (QED) is 0.724. The summed E-state index contributed by atoms with van der Waals surface area (Å²) in [6.07, 6.45) is 6.43. The van der Waals surface area contributed by atoms with E-state index in [-0.39, 0.29) is 11.5 Å². The molecule has 1 aliphatic carbocycles. The number of carbonyl (C=O) groups excluding carboxylic acids is 1. The van der Waals surface area contributed by atoms with Gasteiger partial charge in [0, 0.05) is 13.1 Å². The van der Waals surface area contributed by atoms with Crippen molar-refractivity contribution < 1.29 is 9.53 Å². The number of ether oxygens (including phenoxy) is 1. The lowest BCUT2D eigenvalue weighted by atomic mass is 9.77. The van der Waals surface area contributed by atoms with Gasteiger partial charge in [-0.3, -0.25) is 4.79 Å². The molecule has 0 saturated heterocycles. The first kappa shape index (κ1) is 18.4. The topological polar surface area (TPSA) is 64.3 Å². The summed E-state index contributed by atoms with van der Waals surface area (Å²) in [6, 6.07) is 0. The van der Waals surface area contributed by atoms with Gasteiger partial charge >= 0.3 is 0 Å². The van der Waals surface area contributed by atoms with Gasteiger partial charge in [0.05, 0.1) is 5.60 Å². The zero-order chi connectivity index (χ0) is 15.9. The van der Waals surface area contributed by atoms with Crippen LogP contribution < -0.4 is 11.1 Å². The van der Waals surface area contributed by atoms with E-state index < -0.39 is 6.10 Å². The number of rotatable bonds is 8. The predicted octanol–water partition coefficient (Wildman–Crippen LogP) is 2.85. The van der Waals surface area contributed by atoms with Gasteiger partial charge < -0.3 is 15.8 Å². The minimum absolute atomic E-state index is 0.0211. The summed E-state index contributed by atoms with van der Waals surface area (Å²) < 4.78 is 6.11. The summed E-state index contributed by atoms with van der Waals surface area (Å²) in [5.74, 6) is 1.24. The Morgan fingerprint density at radius 3 is 2.43 bits per heavy atom. The van der Waals surface area contributed by atoms with Crippen LogP contribution in [-0.2, 0) is 9.53 Å². The molecule has 4 heteroatoms. The van der Waals surface area contributed by atoms with Crippen molar-refractivity contribution in [2.24, 2.45) is 17.6 Å². The van der Waals surface area contributed by atoms with Crippen LogP contribution in [0.5, 0.6) is 0 Å². The highest BCUT2D eigenvalue weighted by Gasteiger charge is 2.37. The van der Waals surface area contributed by atoms with E-state index in [0.29, 0.717) is 19.0 Å². The van der Waals surface area contributed by atoms with E-state index in [2.05, 4.69) is 26.1 Å². The van der Waals surface area contributed by atoms with Gasteiger partial charge in [-0.05, 0) is 44.4 Å². The lowest BCUT2D eigenvalue weighted by molar-refractivity contribution is -0.150. The molecule has 0 radical (unpaired) electrons. The van der Waals surface area contributed by atoms with Crippen LogP contribution in [0.2, 0.25) is 0 Å². The van der Waals surface area contributed by atoms with Crippen LogP contribution in [-0.4, -0.2) is 30.7 Å². The predicted molar refractivity (Wildman–Crippen MR) is 87.0 cm³/mol. The molecule has 0 aliphatic heterocycles. The third-order valence-corrected chi connectivity index (χ3v) is 4.57. The summed E-state index contributed by atoms with van der Waals surface area (Å²) >= 11 is 0. The van der Waals surface area contributed by atoms with Crippen molar-refractivity contribution in [3.05, 3.63) is 0 Å². The van der Waals surface area contributed by atoms with E-state index in [1.54, 1.807) is 0 Å². The van der Waals surface area contributed by atoms with Crippen LogP contribution >= 0.6 is 0 Å².